The lowest BCUT2D eigenvalue weighted by atomic mass is 10.1. The molecule has 0 bridgehead atoms. The Kier molecular flexibility index (Phi) is 6.44. The van der Waals surface area contributed by atoms with E-state index in [-0.39, 0.29) is 0 Å². The van der Waals surface area contributed by atoms with E-state index in [1.54, 1.807) is 0 Å². The van der Waals surface area contributed by atoms with Gasteiger partial charge in [0.25, 0.3) is 0 Å². The van der Waals surface area contributed by atoms with Gasteiger partial charge < -0.3 is 4.90 Å². The molecule has 0 atom stereocenters. The van der Waals surface area contributed by atoms with Crippen molar-refractivity contribution < 1.29 is 4.79 Å². The predicted octanol–water partition coefficient (Wildman–Crippen LogP) is 2.98. The molecule has 3 nitrogen and oxygen atoms in total. The van der Waals surface area contributed by atoms with Gasteiger partial charge in [-0.25, -0.2) is 0 Å². The molecule has 2 rings (SSSR count). The Bertz CT molecular complexity index is 459. The zero-order valence-corrected chi connectivity index (χ0v) is 14.3. The zero-order chi connectivity index (χ0) is 15.9. The van der Waals surface area contributed by atoms with Crippen molar-refractivity contribution >= 4 is 5.91 Å². The Morgan fingerprint density at radius 3 is 2.18 bits per heavy atom. The molecule has 1 aliphatic heterocycles. The summed E-state index contributed by atoms with van der Waals surface area (Å²) in [6.07, 6.45) is 2.56. The van der Waals surface area contributed by atoms with Gasteiger partial charge in [0.15, 0.2) is 0 Å². The number of aryl methyl sites for hydroxylation is 2. The summed E-state index contributed by atoms with van der Waals surface area (Å²) in [5.41, 5.74) is 2.63. The minimum Gasteiger partial charge on any atom is -0.340 e. The van der Waals surface area contributed by atoms with Gasteiger partial charge in [0.2, 0.25) is 5.91 Å². The van der Waals surface area contributed by atoms with E-state index in [9.17, 15) is 4.79 Å². The lowest BCUT2D eigenvalue weighted by Crippen LogP contribution is -2.49. The summed E-state index contributed by atoms with van der Waals surface area (Å²) in [5, 5.41) is 0. The molecular formula is C19H30N2O. The molecular weight excluding hydrogens is 272 g/mol. The third kappa shape index (κ3) is 5.13. The summed E-state index contributed by atoms with van der Waals surface area (Å²) < 4.78 is 0. The molecule has 122 valence electrons. The van der Waals surface area contributed by atoms with E-state index in [2.05, 4.69) is 49.9 Å². The maximum atomic E-state index is 12.3. The van der Waals surface area contributed by atoms with E-state index >= 15 is 0 Å². The summed E-state index contributed by atoms with van der Waals surface area (Å²) in [7, 11) is 0. The van der Waals surface area contributed by atoms with E-state index in [1.165, 1.54) is 11.1 Å². The highest BCUT2D eigenvalue weighted by molar-refractivity contribution is 5.76. The highest BCUT2D eigenvalue weighted by Gasteiger charge is 2.20. The first kappa shape index (κ1) is 17.0. The molecule has 0 aliphatic carbocycles. The topological polar surface area (TPSA) is 23.6 Å². The monoisotopic (exact) mass is 302 g/mol. The van der Waals surface area contributed by atoms with E-state index < -0.39 is 0 Å². The minimum atomic E-state index is 0.309. The summed E-state index contributed by atoms with van der Waals surface area (Å²) >= 11 is 0. The fourth-order valence-electron chi connectivity index (χ4n) is 3.05. The molecule has 0 N–H and O–H groups in total. The standard InChI is InChI=1S/C19H30N2O/c1-4-17-5-7-18(8-6-17)9-10-19(22)21-13-11-20(12-14-21)15-16(2)3/h5-8,16H,4,9-15H2,1-3H3. The fourth-order valence-corrected chi connectivity index (χ4v) is 3.05. The highest BCUT2D eigenvalue weighted by atomic mass is 16.2. The van der Waals surface area contributed by atoms with Crippen molar-refractivity contribution in [2.75, 3.05) is 32.7 Å². The third-order valence-electron chi connectivity index (χ3n) is 4.41. The number of piperazine rings is 1. The van der Waals surface area contributed by atoms with Crippen molar-refractivity contribution in [1.29, 1.82) is 0 Å². The van der Waals surface area contributed by atoms with Gasteiger partial charge in [0.1, 0.15) is 0 Å². The van der Waals surface area contributed by atoms with Gasteiger partial charge in [-0.1, -0.05) is 45.0 Å². The van der Waals surface area contributed by atoms with Gasteiger partial charge in [0.05, 0.1) is 0 Å². The maximum absolute atomic E-state index is 12.3. The smallest absolute Gasteiger partial charge is 0.222 e. The van der Waals surface area contributed by atoms with Gasteiger partial charge in [-0.15, -0.1) is 0 Å². The number of carbonyl (C=O) groups is 1. The minimum absolute atomic E-state index is 0.309. The molecule has 1 heterocycles. The molecule has 1 aromatic rings. The molecule has 0 unspecified atom stereocenters. The summed E-state index contributed by atoms with van der Waals surface area (Å²) in [5.74, 6) is 1.01. The van der Waals surface area contributed by atoms with Gasteiger partial charge in [-0.05, 0) is 29.9 Å². The van der Waals surface area contributed by atoms with Crippen LogP contribution < -0.4 is 0 Å². The number of benzene rings is 1. The van der Waals surface area contributed by atoms with Crippen LogP contribution in [0.2, 0.25) is 0 Å². The molecule has 1 saturated heterocycles. The van der Waals surface area contributed by atoms with Crippen LogP contribution in [0.25, 0.3) is 0 Å². The van der Waals surface area contributed by atoms with Crippen LogP contribution in [0.4, 0.5) is 0 Å². The normalized spacial score (nSPS) is 16.3. The van der Waals surface area contributed by atoms with Gasteiger partial charge in [-0.3, -0.25) is 9.69 Å². The quantitative estimate of drug-likeness (QED) is 0.806. The fraction of sp³-hybridized carbons (Fsp3) is 0.632. The molecule has 1 aromatic carbocycles. The molecule has 3 heteroatoms. The Balaban J connectivity index is 1.73. The van der Waals surface area contributed by atoms with Gasteiger partial charge in [-0.2, -0.15) is 0 Å². The average molecular weight is 302 g/mol. The lowest BCUT2D eigenvalue weighted by Gasteiger charge is -2.35. The zero-order valence-electron chi connectivity index (χ0n) is 14.3. The molecule has 0 aromatic heterocycles. The van der Waals surface area contributed by atoms with Gasteiger partial charge in [0, 0.05) is 39.1 Å². The molecule has 1 fully saturated rings. The molecule has 1 amide bonds. The van der Waals surface area contributed by atoms with Crippen LogP contribution >= 0.6 is 0 Å². The number of carbonyl (C=O) groups excluding carboxylic acids is 1. The van der Waals surface area contributed by atoms with Crippen LogP contribution in [0.3, 0.4) is 0 Å². The van der Waals surface area contributed by atoms with Crippen molar-refractivity contribution in [1.82, 2.24) is 9.80 Å². The second kappa shape index (κ2) is 8.33. The van der Waals surface area contributed by atoms with Crippen LogP contribution in [-0.2, 0) is 17.6 Å². The molecule has 0 spiro atoms. The summed E-state index contributed by atoms with van der Waals surface area (Å²) in [6, 6.07) is 8.66. The third-order valence-corrected chi connectivity index (χ3v) is 4.41. The lowest BCUT2D eigenvalue weighted by molar-refractivity contribution is -0.132. The van der Waals surface area contributed by atoms with Gasteiger partial charge >= 0.3 is 0 Å². The van der Waals surface area contributed by atoms with Crippen molar-refractivity contribution in [3.63, 3.8) is 0 Å². The SMILES string of the molecule is CCc1ccc(CCC(=O)N2CCN(CC(C)C)CC2)cc1. The Labute approximate surface area is 135 Å². The average Bonchev–Trinajstić information content (AvgIpc) is 2.53. The van der Waals surface area contributed by atoms with Crippen molar-refractivity contribution in [3.05, 3.63) is 35.4 Å². The van der Waals surface area contributed by atoms with E-state index in [0.717, 1.165) is 45.6 Å². The van der Waals surface area contributed by atoms with Crippen LogP contribution in [0.15, 0.2) is 24.3 Å². The largest absolute Gasteiger partial charge is 0.340 e. The van der Waals surface area contributed by atoms with Crippen LogP contribution in [-0.4, -0.2) is 48.4 Å². The number of amides is 1. The second-order valence-electron chi connectivity index (χ2n) is 6.75. The Morgan fingerprint density at radius 2 is 1.64 bits per heavy atom. The molecule has 1 aliphatic rings. The number of rotatable bonds is 6. The Morgan fingerprint density at radius 1 is 1.05 bits per heavy atom. The predicted molar refractivity (Wildman–Crippen MR) is 92.0 cm³/mol. The van der Waals surface area contributed by atoms with E-state index in [1.807, 2.05) is 4.90 Å². The first-order valence-corrected chi connectivity index (χ1v) is 8.66. The number of nitrogens with zero attached hydrogens (tertiary/aromatic N) is 2. The van der Waals surface area contributed by atoms with Crippen molar-refractivity contribution in [2.24, 2.45) is 5.92 Å². The summed E-state index contributed by atoms with van der Waals surface area (Å²) in [6.45, 7) is 11.6. The van der Waals surface area contributed by atoms with Crippen LogP contribution in [0.1, 0.15) is 38.3 Å². The summed E-state index contributed by atoms with van der Waals surface area (Å²) in [4.78, 5) is 16.8. The number of hydrogen-bond acceptors (Lipinski definition) is 2. The first-order valence-electron chi connectivity index (χ1n) is 8.66. The van der Waals surface area contributed by atoms with Crippen molar-refractivity contribution in [3.8, 4) is 0 Å². The molecule has 0 saturated carbocycles. The van der Waals surface area contributed by atoms with Crippen LogP contribution in [0.5, 0.6) is 0 Å². The maximum Gasteiger partial charge on any atom is 0.222 e. The molecule has 0 radical (unpaired) electrons. The number of hydrogen-bond donors (Lipinski definition) is 0. The second-order valence-corrected chi connectivity index (χ2v) is 6.75. The van der Waals surface area contributed by atoms with E-state index in [4.69, 9.17) is 0 Å². The Hall–Kier alpha value is -1.35. The van der Waals surface area contributed by atoms with Crippen LogP contribution in [0, 0.1) is 5.92 Å². The first-order chi connectivity index (χ1) is 10.6. The van der Waals surface area contributed by atoms with Crippen molar-refractivity contribution in [2.45, 2.75) is 40.0 Å². The highest BCUT2D eigenvalue weighted by Crippen LogP contribution is 2.10. The van der Waals surface area contributed by atoms with E-state index in [0.29, 0.717) is 18.2 Å². The molecule has 22 heavy (non-hydrogen) atoms.